The van der Waals surface area contributed by atoms with Crippen molar-refractivity contribution in [3.05, 3.63) is 59.5 Å². The summed E-state index contributed by atoms with van der Waals surface area (Å²) in [6, 6.07) is 11.7. The first-order valence-corrected chi connectivity index (χ1v) is 10.5. The second kappa shape index (κ2) is 10.1. The van der Waals surface area contributed by atoms with Crippen molar-refractivity contribution in [3.8, 4) is 22.9 Å². The molecule has 1 unspecified atom stereocenters. The molecule has 0 saturated heterocycles. The maximum Gasteiger partial charge on any atom is 0.265 e. The zero-order valence-electron chi connectivity index (χ0n) is 17.7. The second-order valence-electron chi connectivity index (χ2n) is 7.46. The third kappa shape index (κ3) is 5.27. The van der Waals surface area contributed by atoms with Gasteiger partial charge in [0, 0.05) is 24.9 Å². The van der Waals surface area contributed by atoms with Gasteiger partial charge < -0.3 is 20.1 Å². The lowest BCUT2D eigenvalue weighted by molar-refractivity contribution is -0.121. The molecule has 0 spiro atoms. The van der Waals surface area contributed by atoms with Crippen LogP contribution in [0.3, 0.4) is 0 Å². The lowest BCUT2D eigenvalue weighted by atomic mass is 10.0. The maximum absolute atomic E-state index is 12.1. The fourth-order valence-corrected chi connectivity index (χ4v) is 3.49. The number of amides is 2. The molecule has 0 saturated carbocycles. The lowest BCUT2D eigenvalue weighted by Gasteiger charge is -2.27. The summed E-state index contributed by atoms with van der Waals surface area (Å²) in [7, 11) is 0. The number of aromatic nitrogens is 2. The van der Waals surface area contributed by atoms with E-state index >= 15 is 0 Å². The minimum absolute atomic E-state index is 0.0566. The minimum atomic E-state index is -0.204. The molecule has 0 aliphatic carbocycles. The van der Waals surface area contributed by atoms with Crippen molar-refractivity contribution in [3.63, 3.8) is 0 Å². The molecular weight excluding hydrogens is 428 g/mol. The maximum atomic E-state index is 12.1. The number of rotatable bonds is 9. The van der Waals surface area contributed by atoms with E-state index in [1.807, 2.05) is 18.2 Å². The van der Waals surface area contributed by atoms with Gasteiger partial charge in [0.1, 0.15) is 23.2 Å². The van der Waals surface area contributed by atoms with Crippen molar-refractivity contribution in [2.45, 2.75) is 25.4 Å². The number of aromatic hydroxyl groups is 2. The second-order valence-corrected chi connectivity index (χ2v) is 7.46. The summed E-state index contributed by atoms with van der Waals surface area (Å²) in [4.78, 5) is 28.1. The van der Waals surface area contributed by atoms with Gasteiger partial charge in [-0.15, -0.1) is 0 Å². The number of benzene rings is 2. The molecule has 11 heteroatoms. The lowest BCUT2D eigenvalue weighted by Crippen LogP contribution is -2.50. The minimum Gasteiger partial charge on any atom is -0.507 e. The normalized spacial score (nSPS) is 15.0. The number of phenols is 2. The highest BCUT2D eigenvalue weighted by atomic mass is 16.5. The monoisotopic (exact) mass is 452 g/mol. The molecule has 6 N–H and O–H groups in total. The molecular formula is C22H24N6O5. The number of carbonyl (C=O) groups excluding carboxylic acids is 2. The highest BCUT2D eigenvalue weighted by Gasteiger charge is 2.23. The number of hydrazine groups is 1. The predicted molar refractivity (Wildman–Crippen MR) is 117 cm³/mol. The van der Waals surface area contributed by atoms with Crippen molar-refractivity contribution in [1.82, 2.24) is 31.6 Å². The van der Waals surface area contributed by atoms with Crippen LogP contribution in [-0.2, 0) is 11.2 Å². The van der Waals surface area contributed by atoms with Crippen LogP contribution in [0.1, 0.15) is 40.8 Å². The molecule has 0 fully saturated rings. The highest BCUT2D eigenvalue weighted by molar-refractivity contribution is 5.96. The summed E-state index contributed by atoms with van der Waals surface area (Å²) >= 11 is 0. The number of hydrogen-bond acceptors (Lipinski definition) is 9. The van der Waals surface area contributed by atoms with Gasteiger partial charge in [-0.1, -0.05) is 29.4 Å². The average molecular weight is 452 g/mol. The Hall–Kier alpha value is -3.96. The molecule has 1 aromatic heterocycles. The first-order chi connectivity index (χ1) is 16.0. The van der Waals surface area contributed by atoms with Gasteiger partial charge in [0.2, 0.25) is 17.6 Å². The van der Waals surface area contributed by atoms with Crippen LogP contribution in [0.5, 0.6) is 11.5 Å². The Balaban J connectivity index is 1.17. The van der Waals surface area contributed by atoms with Gasteiger partial charge in [0.25, 0.3) is 5.91 Å². The van der Waals surface area contributed by atoms with Crippen LogP contribution in [0, 0.1) is 0 Å². The molecule has 1 aliphatic heterocycles. The van der Waals surface area contributed by atoms with Crippen molar-refractivity contribution >= 4 is 11.8 Å². The molecule has 0 bridgehead atoms. The van der Waals surface area contributed by atoms with Crippen molar-refractivity contribution in [2.75, 3.05) is 13.1 Å². The third-order valence-corrected chi connectivity index (χ3v) is 5.15. The predicted octanol–water partition coefficient (Wildman–Crippen LogP) is 1.12. The van der Waals surface area contributed by atoms with Crippen LogP contribution in [-0.4, -0.2) is 45.3 Å². The number of hydrogen-bond donors (Lipinski definition) is 6. The fraction of sp³-hybridized carbons (Fsp3) is 0.273. The van der Waals surface area contributed by atoms with Crippen LogP contribution in [0.15, 0.2) is 47.0 Å². The summed E-state index contributed by atoms with van der Waals surface area (Å²) in [6.45, 7) is 1.10. The van der Waals surface area contributed by atoms with E-state index in [-0.39, 0.29) is 59.6 Å². The highest BCUT2D eigenvalue weighted by Crippen LogP contribution is 2.34. The van der Waals surface area contributed by atoms with Gasteiger partial charge in [-0.05, 0) is 36.7 Å². The van der Waals surface area contributed by atoms with E-state index in [1.54, 1.807) is 6.07 Å². The van der Waals surface area contributed by atoms with Gasteiger partial charge >= 0.3 is 0 Å². The topological polar surface area (TPSA) is 162 Å². The number of nitrogens with zero attached hydrogens (tertiary/aromatic N) is 2. The summed E-state index contributed by atoms with van der Waals surface area (Å²) < 4.78 is 5.12. The zero-order chi connectivity index (χ0) is 23.2. The Bertz CT molecular complexity index is 1130. The van der Waals surface area contributed by atoms with Crippen LogP contribution < -0.4 is 21.5 Å². The molecule has 2 aromatic carbocycles. The van der Waals surface area contributed by atoms with Crippen molar-refractivity contribution < 1.29 is 24.3 Å². The fourth-order valence-electron chi connectivity index (χ4n) is 3.49. The molecule has 2 heterocycles. The molecule has 11 nitrogen and oxygen atoms in total. The zero-order valence-corrected chi connectivity index (χ0v) is 17.7. The molecule has 33 heavy (non-hydrogen) atoms. The van der Waals surface area contributed by atoms with Crippen LogP contribution in [0.2, 0.25) is 0 Å². The first-order valence-electron chi connectivity index (χ1n) is 10.5. The van der Waals surface area contributed by atoms with E-state index in [4.69, 9.17) is 4.52 Å². The van der Waals surface area contributed by atoms with Gasteiger partial charge in [-0.25, -0.2) is 5.43 Å². The Labute approximate surface area is 189 Å². The van der Waals surface area contributed by atoms with Gasteiger partial charge in [-0.2, -0.15) is 4.98 Å². The molecule has 4 rings (SSSR count). The van der Waals surface area contributed by atoms with Crippen LogP contribution in [0.4, 0.5) is 0 Å². The summed E-state index contributed by atoms with van der Waals surface area (Å²) in [5.74, 6) is -0.365. The average Bonchev–Trinajstić information content (AvgIpc) is 3.27. The SMILES string of the molecule is O=C(CCc1nc(-c2c(O)cccc2O)no1)NCCCNC1NNC(=O)c2ccccc21. The van der Waals surface area contributed by atoms with Gasteiger partial charge in [0.15, 0.2) is 0 Å². The number of nitrogens with one attached hydrogen (secondary N) is 4. The molecule has 2 amide bonds. The quantitative estimate of drug-likeness (QED) is 0.261. The molecule has 1 atom stereocenters. The third-order valence-electron chi connectivity index (χ3n) is 5.15. The molecule has 1 aliphatic rings. The summed E-state index contributed by atoms with van der Waals surface area (Å²) in [5.41, 5.74) is 7.15. The van der Waals surface area contributed by atoms with Crippen LogP contribution >= 0.6 is 0 Å². The van der Waals surface area contributed by atoms with Crippen molar-refractivity contribution in [1.29, 1.82) is 0 Å². The van der Waals surface area contributed by atoms with Crippen LogP contribution in [0.25, 0.3) is 11.4 Å². The number of carbonyl (C=O) groups is 2. The van der Waals surface area contributed by atoms with E-state index in [0.29, 0.717) is 25.1 Å². The largest absolute Gasteiger partial charge is 0.507 e. The molecule has 3 aromatic rings. The Morgan fingerprint density at radius 3 is 2.70 bits per heavy atom. The van der Waals surface area contributed by atoms with E-state index in [9.17, 15) is 19.8 Å². The Kier molecular flexibility index (Phi) is 6.81. The molecule has 172 valence electrons. The van der Waals surface area contributed by atoms with E-state index in [1.165, 1.54) is 18.2 Å². The van der Waals surface area contributed by atoms with E-state index in [2.05, 4.69) is 31.6 Å². The number of fused-ring (bicyclic) bond motifs is 1. The Morgan fingerprint density at radius 1 is 1.09 bits per heavy atom. The Morgan fingerprint density at radius 2 is 1.88 bits per heavy atom. The molecule has 0 radical (unpaired) electrons. The summed E-state index contributed by atoms with van der Waals surface area (Å²) in [5, 5.41) is 29.7. The van der Waals surface area contributed by atoms with E-state index < -0.39 is 0 Å². The van der Waals surface area contributed by atoms with Gasteiger partial charge in [-0.3, -0.25) is 20.3 Å². The van der Waals surface area contributed by atoms with Crippen molar-refractivity contribution in [2.24, 2.45) is 0 Å². The van der Waals surface area contributed by atoms with Gasteiger partial charge in [0.05, 0.1) is 0 Å². The summed E-state index contributed by atoms with van der Waals surface area (Å²) in [6.07, 6.45) is 0.876. The number of phenolic OH excluding ortho intramolecular Hbond substituents is 2. The standard InChI is InChI=1S/C22H24N6O5/c29-15-7-3-8-16(30)19(15)21-25-18(33-28-21)10-9-17(31)23-11-4-12-24-20-13-5-1-2-6-14(13)22(32)27-26-20/h1-3,5-8,20,24,26,29-30H,4,9-12H2,(H,23,31)(H,27,32). The van der Waals surface area contributed by atoms with E-state index in [0.717, 1.165) is 5.56 Å². The number of aryl methyl sites for hydroxylation is 1. The smallest absolute Gasteiger partial charge is 0.265 e. The first kappa shape index (κ1) is 22.2.